The second kappa shape index (κ2) is 10.2. The lowest BCUT2D eigenvalue weighted by Crippen LogP contribution is -2.50. The molecule has 3 N–H and O–H groups in total. The summed E-state index contributed by atoms with van der Waals surface area (Å²) in [6, 6.07) is 0.194. The van der Waals surface area contributed by atoms with E-state index in [1.54, 1.807) is 0 Å². The van der Waals surface area contributed by atoms with E-state index in [9.17, 15) is 4.79 Å². The summed E-state index contributed by atoms with van der Waals surface area (Å²) in [5, 5.41) is 12.2. The SMILES string of the molecule is C[C@H](c1cn(CCCNO)c(C2CCOCC2)n1)N(C(=O)[C@H]1CNCCO1)C1CC1. The van der Waals surface area contributed by atoms with Gasteiger partial charge in [0.15, 0.2) is 0 Å². The molecule has 9 nitrogen and oxygen atoms in total. The average molecular weight is 422 g/mol. The fourth-order valence-electron chi connectivity index (χ4n) is 4.51. The average Bonchev–Trinajstić information content (AvgIpc) is 3.53. The van der Waals surface area contributed by atoms with E-state index in [1.165, 1.54) is 0 Å². The van der Waals surface area contributed by atoms with Crippen LogP contribution in [0.25, 0.3) is 0 Å². The smallest absolute Gasteiger partial charge is 0.253 e. The normalized spacial score (nSPS) is 24.0. The van der Waals surface area contributed by atoms with Crippen LogP contribution >= 0.6 is 0 Å². The van der Waals surface area contributed by atoms with E-state index < -0.39 is 6.10 Å². The second-order valence-electron chi connectivity index (χ2n) is 8.58. The Morgan fingerprint density at radius 1 is 1.37 bits per heavy atom. The molecule has 0 aromatic carbocycles. The van der Waals surface area contributed by atoms with Crippen LogP contribution in [0.15, 0.2) is 6.20 Å². The van der Waals surface area contributed by atoms with Gasteiger partial charge in [-0.1, -0.05) is 0 Å². The third-order valence-electron chi connectivity index (χ3n) is 6.34. The van der Waals surface area contributed by atoms with Gasteiger partial charge >= 0.3 is 0 Å². The van der Waals surface area contributed by atoms with E-state index in [0.29, 0.717) is 25.6 Å². The Balaban J connectivity index is 1.54. The van der Waals surface area contributed by atoms with Gasteiger partial charge in [0, 0.05) is 57.5 Å². The summed E-state index contributed by atoms with van der Waals surface area (Å²) in [5.74, 6) is 1.53. The van der Waals surface area contributed by atoms with Crippen LogP contribution in [0, 0.1) is 0 Å². The zero-order chi connectivity index (χ0) is 20.9. The van der Waals surface area contributed by atoms with E-state index in [2.05, 4.69) is 28.5 Å². The van der Waals surface area contributed by atoms with Crippen molar-refractivity contribution in [3.05, 3.63) is 17.7 Å². The summed E-state index contributed by atoms with van der Waals surface area (Å²) >= 11 is 0. The highest BCUT2D eigenvalue weighted by Gasteiger charge is 2.41. The first-order valence-corrected chi connectivity index (χ1v) is 11.3. The van der Waals surface area contributed by atoms with Gasteiger partial charge in [0.05, 0.1) is 18.3 Å². The highest BCUT2D eigenvalue weighted by Crippen LogP contribution is 2.36. The predicted octanol–water partition coefficient (Wildman–Crippen LogP) is 1.19. The van der Waals surface area contributed by atoms with Crippen molar-refractivity contribution in [1.82, 2.24) is 25.2 Å². The first-order valence-electron chi connectivity index (χ1n) is 11.3. The van der Waals surface area contributed by atoms with E-state index in [-0.39, 0.29) is 18.0 Å². The summed E-state index contributed by atoms with van der Waals surface area (Å²) in [6.45, 7) is 6.88. The Morgan fingerprint density at radius 2 is 2.17 bits per heavy atom. The topological polar surface area (TPSA) is 101 Å². The molecule has 1 aromatic rings. The summed E-state index contributed by atoms with van der Waals surface area (Å²) in [6.07, 6.45) is 6.54. The summed E-state index contributed by atoms with van der Waals surface area (Å²) in [7, 11) is 0. The van der Waals surface area contributed by atoms with Crippen LogP contribution in [0.5, 0.6) is 0 Å². The van der Waals surface area contributed by atoms with Gasteiger partial charge < -0.3 is 29.5 Å². The van der Waals surface area contributed by atoms with Crippen molar-refractivity contribution < 1.29 is 19.5 Å². The molecule has 1 amide bonds. The molecule has 30 heavy (non-hydrogen) atoms. The first-order chi connectivity index (χ1) is 14.7. The van der Waals surface area contributed by atoms with Crippen LogP contribution < -0.4 is 10.8 Å². The van der Waals surface area contributed by atoms with Crippen LogP contribution in [0.4, 0.5) is 0 Å². The van der Waals surface area contributed by atoms with Crippen molar-refractivity contribution in [3.8, 4) is 0 Å². The van der Waals surface area contributed by atoms with E-state index in [1.807, 2.05) is 4.90 Å². The van der Waals surface area contributed by atoms with Crippen molar-refractivity contribution in [2.24, 2.45) is 0 Å². The number of morpholine rings is 1. The molecule has 9 heteroatoms. The zero-order valence-electron chi connectivity index (χ0n) is 17.9. The molecule has 168 valence electrons. The van der Waals surface area contributed by atoms with Gasteiger partial charge in [-0.15, -0.1) is 0 Å². The van der Waals surface area contributed by atoms with Gasteiger partial charge in [-0.25, -0.2) is 10.5 Å². The maximum absolute atomic E-state index is 13.3. The van der Waals surface area contributed by atoms with Crippen LogP contribution in [0.3, 0.4) is 0 Å². The van der Waals surface area contributed by atoms with Crippen LogP contribution in [0.1, 0.15) is 62.5 Å². The van der Waals surface area contributed by atoms with Gasteiger partial charge in [-0.05, 0) is 39.0 Å². The first kappa shape index (κ1) is 21.7. The molecule has 1 aromatic heterocycles. The highest BCUT2D eigenvalue weighted by atomic mass is 16.5. The summed E-state index contributed by atoms with van der Waals surface area (Å²) in [5.41, 5.74) is 3.17. The second-order valence-corrected chi connectivity index (χ2v) is 8.58. The van der Waals surface area contributed by atoms with Crippen molar-refractivity contribution in [2.45, 2.75) is 69.7 Å². The van der Waals surface area contributed by atoms with E-state index in [4.69, 9.17) is 19.7 Å². The zero-order valence-corrected chi connectivity index (χ0v) is 17.9. The number of amides is 1. The molecule has 3 fully saturated rings. The van der Waals surface area contributed by atoms with Crippen molar-refractivity contribution in [2.75, 3.05) is 39.5 Å². The Kier molecular flexibility index (Phi) is 7.37. The lowest BCUT2D eigenvalue weighted by atomic mass is 9.99. The van der Waals surface area contributed by atoms with Crippen molar-refractivity contribution in [1.29, 1.82) is 0 Å². The quantitative estimate of drug-likeness (QED) is 0.407. The number of aromatic nitrogens is 2. The van der Waals surface area contributed by atoms with E-state index >= 15 is 0 Å². The molecular weight excluding hydrogens is 386 g/mol. The number of aryl methyl sites for hydroxylation is 1. The van der Waals surface area contributed by atoms with Gasteiger partial charge in [0.2, 0.25) is 0 Å². The minimum atomic E-state index is -0.408. The number of nitrogens with zero attached hydrogens (tertiary/aromatic N) is 3. The van der Waals surface area contributed by atoms with Crippen LogP contribution in [0.2, 0.25) is 0 Å². The van der Waals surface area contributed by atoms with Gasteiger partial charge in [-0.2, -0.15) is 0 Å². The molecule has 4 rings (SSSR count). The molecular formula is C21H35N5O4. The Hall–Kier alpha value is -1.52. The molecule has 0 bridgehead atoms. The lowest BCUT2D eigenvalue weighted by Gasteiger charge is -2.33. The summed E-state index contributed by atoms with van der Waals surface area (Å²) in [4.78, 5) is 20.3. The monoisotopic (exact) mass is 421 g/mol. The molecule has 2 atom stereocenters. The van der Waals surface area contributed by atoms with Crippen molar-refractivity contribution >= 4 is 5.91 Å². The Bertz CT molecular complexity index is 696. The highest BCUT2D eigenvalue weighted by molar-refractivity contribution is 5.82. The van der Waals surface area contributed by atoms with Crippen LogP contribution in [-0.4, -0.2) is 77.2 Å². The van der Waals surface area contributed by atoms with Gasteiger partial charge in [-0.3, -0.25) is 4.79 Å². The standard InChI is InChI=1S/C21H35N5O4/c1-15(26(17-3-4-17)21(27)19-13-22-8-12-30-19)18-14-25(9-2-7-23-28)20(24-18)16-5-10-29-11-6-16/h14-17,19,22-23,28H,2-13H2,1H3/t15-,19-/m1/s1. The minimum absolute atomic E-state index is 0.0730. The minimum Gasteiger partial charge on any atom is -0.381 e. The molecule has 3 aliphatic rings. The predicted molar refractivity (Wildman–Crippen MR) is 110 cm³/mol. The number of nitrogens with one attached hydrogen (secondary N) is 2. The largest absolute Gasteiger partial charge is 0.381 e. The fourth-order valence-corrected chi connectivity index (χ4v) is 4.51. The third kappa shape index (κ3) is 5.03. The number of imidazole rings is 1. The molecule has 1 saturated carbocycles. The van der Waals surface area contributed by atoms with Crippen molar-refractivity contribution in [3.63, 3.8) is 0 Å². The number of hydrogen-bond acceptors (Lipinski definition) is 7. The van der Waals surface area contributed by atoms with Crippen LogP contribution in [-0.2, 0) is 20.8 Å². The maximum atomic E-state index is 13.3. The van der Waals surface area contributed by atoms with E-state index in [0.717, 1.165) is 69.9 Å². The molecule has 3 heterocycles. The lowest BCUT2D eigenvalue weighted by molar-refractivity contribution is -0.148. The van der Waals surface area contributed by atoms with Gasteiger partial charge in [0.25, 0.3) is 5.91 Å². The third-order valence-corrected chi connectivity index (χ3v) is 6.34. The molecule has 1 aliphatic carbocycles. The Labute approximate surface area is 178 Å². The molecule has 0 radical (unpaired) electrons. The number of rotatable bonds is 9. The summed E-state index contributed by atoms with van der Waals surface area (Å²) < 4.78 is 13.5. The number of hydroxylamine groups is 1. The number of ether oxygens (including phenoxy) is 2. The number of hydrogen-bond donors (Lipinski definition) is 3. The number of carbonyl (C=O) groups excluding carboxylic acids is 1. The Morgan fingerprint density at radius 3 is 2.83 bits per heavy atom. The molecule has 2 saturated heterocycles. The molecule has 2 aliphatic heterocycles. The molecule has 0 unspecified atom stereocenters. The number of carbonyl (C=O) groups is 1. The molecule has 0 spiro atoms. The maximum Gasteiger partial charge on any atom is 0.253 e. The fraction of sp³-hybridized carbons (Fsp3) is 0.810. The van der Waals surface area contributed by atoms with Gasteiger partial charge in [0.1, 0.15) is 11.9 Å².